The average Bonchev–Trinajstić information content (AvgIpc) is 3.17. The van der Waals surface area contributed by atoms with E-state index in [0.717, 1.165) is 16.3 Å². The van der Waals surface area contributed by atoms with Crippen molar-refractivity contribution in [3.63, 3.8) is 0 Å². The van der Waals surface area contributed by atoms with Crippen LogP contribution in [-0.2, 0) is 16.0 Å². The molecule has 1 heterocycles. The number of amides is 1. The number of methoxy groups -OCH3 is 2. The predicted molar refractivity (Wildman–Crippen MR) is 110 cm³/mol. The minimum Gasteiger partial charge on any atom is -0.493 e. The zero-order chi connectivity index (χ0) is 19.8. The number of anilines is 1. The molecule has 28 heavy (non-hydrogen) atoms. The first-order valence-corrected chi connectivity index (χ1v) is 9.67. The molecule has 0 unspecified atom stereocenters. The van der Waals surface area contributed by atoms with Crippen LogP contribution in [-0.4, -0.2) is 38.3 Å². The molecule has 0 saturated heterocycles. The summed E-state index contributed by atoms with van der Waals surface area (Å²) in [6.45, 7) is 0.860. The van der Waals surface area contributed by atoms with E-state index in [0.29, 0.717) is 30.4 Å². The Bertz CT molecular complexity index is 912. The summed E-state index contributed by atoms with van der Waals surface area (Å²) in [6, 6.07) is 15.2. The van der Waals surface area contributed by atoms with Crippen LogP contribution < -0.4 is 14.8 Å². The van der Waals surface area contributed by atoms with Crippen molar-refractivity contribution in [1.29, 1.82) is 0 Å². The summed E-state index contributed by atoms with van der Waals surface area (Å²) in [7, 11) is 3.18. The van der Waals surface area contributed by atoms with E-state index >= 15 is 0 Å². The molecule has 1 N–H and O–H groups in total. The van der Waals surface area contributed by atoms with E-state index in [1.165, 1.54) is 11.3 Å². The Morgan fingerprint density at radius 1 is 1.07 bits per heavy atom. The maximum Gasteiger partial charge on any atom is 0.230 e. The van der Waals surface area contributed by atoms with Crippen LogP contribution in [0, 0.1) is 0 Å². The highest BCUT2D eigenvalue weighted by atomic mass is 32.1. The SMILES string of the molecule is COCCOc1cc(NC(=O)Cc2csc(-c3ccccc3)n2)ccc1OC. The van der Waals surface area contributed by atoms with Crippen molar-refractivity contribution >= 4 is 22.9 Å². The van der Waals surface area contributed by atoms with Crippen molar-refractivity contribution in [3.05, 3.63) is 59.6 Å². The number of rotatable bonds is 9. The Morgan fingerprint density at radius 2 is 1.89 bits per heavy atom. The molecule has 0 spiro atoms. The van der Waals surface area contributed by atoms with Gasteiger partial charge >= 0.3 is 0 Å². The first kappa shape index (κ1) is 19.9. The Labute approximate surface area is 168 Å². The van der Waals surface area contributed by atoms with Gasteiger partial charge in [-0.2, -0.15) is 0 Å². The summed E-state index contributed by atoms with van der Waals surface area (Å²) in [5, 5.41) is 5.70. The molecule has 0 aliphatic rings. The number of nitrogens with one attached hydrogen (secondary N) is 1. The third-order valence-electron chi connectivity index (χ3n) is 3.91. The lowest BCUT2D eigenvalue weighted by Crippen LogP contribution is -2.15. The second kappa shape index (κ2) is 9.87. The van der Waals surface area contributed by atoms with Crippen molar-refractivity contribution in [2.24, 2.45) is 0 Å². The third kappa shape index (κ3) is 5.31. The van der Waals surface area contributed by atoms with Gasteiger partial charge in [0.15, 0.2) is 11.5 Å². The van der Waals surface area contributed by atoms with Crippen LogP contribution in [0.25, 0.3) is 10.6 Å². The molecule has 0 aliphatic carbocycles. The number of hydrogen-bond acceptors (Lipinski definition) is 6. The van der Waals surface area contributed by atoms with Gasteiger partial charge in [0.1, 0.15) is 11.6 Å². The summed E-state index contributed by atoms with van der Waals surface area (Å²) >= 11 is 1.53. The van der Waals surface area contributed by atoms with E-state index in [4.69, 9.17) is 14.2 Å². The van der Waals surface area contributed by atoms with Gasteiger partial charge in [0, 0.05) is 29.8 Å². The molecule has 3 aromatic rings. The Hall–Kier alpha value is -2.90. The summed E-state index contributed by atoms with van der Waals surface area (Å²) < 4.78 is 15.9. The van der Waals surface area contributed by atoms with Gasteiger partial charge in [-0.3, -0.25) is 4.79 Å². The van der Waals surface area contributed by atoms with Gasteiger partial charge in [-0.25, -0.2) is 4.98 Å². The fraction of sp³-hybridized carbons (Fsp3) is 0.238. The van der Waals surface area contributed by atoms with Crippen molar-refractivity contribution in [3.8, 4) is 22.1 Å². The Kier molecular flexibility index (Phi) is 7.00. The number of thiazole rings is 1. The fourth-order valence-corrected chi connectivity index (χ4v) is 3.40. The number of ether oxygens (including phenoxy) is 3. The molecule has 1 aromatic heterocycles. The zero-order valence-corrected chi connectivity index (χ0v) is 16.6. The smallest absolute Gasteiger partial charge is 0.230 e. The molecule has 1 amide bonds. The fourth-order valence-electron chi connectivity index (χ4n) is 2.57. The molecule has 0 saturated carbocycles. The number of aromatic nitrogens is 1. The summed E-state index contributed by atoms with van der Waals surface area (Å²) in [4.78, 5) is 17.0. The largest absolute Gasteiger partial charge is 0.493 e. The molecule has 0 aliphatic heterocycles. The molecule has 146 valence electrons. The van der Waals surface area contributed by atoms with E-state index in [-0.39, 0.29) is 12.3 Å². The number of benzene rings is 2. The topological polar surface area (TPSA) is 69.7 Å². The van der Waals surface area contributed by atoms with Crippen molar-refractivity contribution in [1.82, 2.24) is 4.98 Å². The summed E-state index contributed by atoms with van der Waals surface area (Å²) in [5.74, 6) is 1.01. The minimum absolute atomic E-state index is 0.141. The second-order valence-electron chi connectivity index (χ2n) is 5.94. The molecule has 2 aromatic carbocycles. The van der Waals surface area contributed by atoms with Crippen LogP contribution in [0.5, 0.6) is 11.5 Å². The lowest BCUT2D eigenvalue weighted by atomic mass is 10.2. The normalized spacial score (nSPS) is 10.5. The lowest BCUT2D eigenvalue weighted by molar-refractivity contribution is -0.115. The van der Waals surface area contributed by atoms with E-state index < -0.39 is 0 Å². The van der Waals surface area contributed by atoms with Gasteiger partial charge < -0.3 is 19.5 Å². The van der Waals surface area contributed by atoms with Crippen LogP contribution >= 0.6 is 11.3 Å². The predicted octanol–water partition coefficient (Wildman–Crippen LogP) is 4.03. The molecule has 6 nitrogen and oxygen atoms in total. The van der Waals surface area contributed by atoms with Gasteiger partial charge in [-0.05, 0) is 12.1 Å². The first-order valence-electron chi connectivity index (χ1n) is 8.79. The second-order valence-corrected chi connectivity index (χ2v) is 6.80. The quantitative estimate of drug-likeness (QED) is 0.551. The summed E-state index contributed by atoms with van der Waals surface area (Å²) in [5.41, 5.74) is 2.43. The van der Waals surface area contributed by atoms with Crippen LogP contribution in [0.2, 0.25) is 0 Å². The highest BCUT2D eigenvalue weighted by Gasteiger charge is 2.11. The van der Waals surface area contributed by atoms with E-state index in [1.807, 2.05) is 35.7 Å². The van der Waals surface area contributed by atoms with E-state index in [2.05, 4.69) is 10.3 Å². The first-order chi connectivity index (χ1) is 13.7. The molecular formula is C21H22N2O4S. The van der Waals surface area contributed by atoms with Gasteiger partial charge in [0.2, 0.25) is 5.91 Å². The number of hydrogen-bond donors (Lipinski definition) is 1. The number of nitrogens with zero attached hydrogens (tertiary/aromatic N) is 1. The van der Waals surface area contributed by atoms with Crippen molar-refractivity contribution in [2.45, 2.75) is 6.42 Å². The number of carbonyl (C=O) groups excluding carboxylic acids is 1. The van der Waals surface area contributed by atoms with Crippen LogP contribution in [0.4, 0.5) is 5.69 Å². The highest BCUT2D eigenvalue weighted by molar-refractivity contribution is 7.13. The molecule has 0 atom stereocenters. The van der Waals surface area contributed by atoms with Crippen molar-refractivity contribution in [2.75, 3.05) is 32.8 Å². The van der Waals surface area contributed by atoms with Crippen LogP contribution in [0.1, 0.15) is 5.69 Å². The van der Waals surface area contributed by atoms with E-state index in [1.54, 1.807) is 32.4 Å². The standard InChI is InChI=1S/C21H22N2O4S/c1-25-10-11-27-19-12-16(8-9-18(19)26-2)22-20(24)13-17-14-28-21(23-17)15-6-4-3-5-7-15/h3-9,12,14H,10-11,13H2,1-2H3,(H,22,24). The Balaban J connectivity index is 1.63. The molecule has 7 heteroatoms. The Morgan fingerprint density at radius 3 is 2.64 bits per heavy atom. The molecule has 0 fully saturated rings. The van der Waals surface area contributed by atoms with Gasteiger partial charge in [-0.1, -0.05) is 30.3 Å². The van der Waals surface area contributed by atoms with Gasteiger partial charge in [-0.15, -0.1) is 11.3 Å². The molecular weight excluding hydrogens is 376 g/mol. The molecule has 3 rings (SSSR count). The maximum atomic E-state index is 12.4. The number of carbonyl (C=O) groups is 1. The summed E-state index contributed by atoms with van der Waals surface area (Å²) in [6.07, 6.45) is 0.204. The minimum atomic E-state index is -0.141. The maximum absolute atomic E-state index is 12.4. The van der Waals surface area contributed by atoms with Crippen LogP contribution in [0.3, 0.4) is 0 Å². The zero-order valence-electron chi connectivity index (χ0n) is 15.8. The molecule has 0 bridgehead atoms. The third-order valence-corrected chi connectivity index (χ3v) is 4.85. The molecule has 0 radical (unpaired) electrons. The monoisotopic (exact) mass is 398 g/mol. The average molecular weight is 398 g/mol. The van der Waals surface area contributed by atoms with Gasteiger partial charge in [0.05, 0.1) is 25.8 Å². The highest BCUT2D eigenvalue weighted by Crippen LogP contribution is 2.30. The lowest BCUT2D eigenvalue weighted by Gasteiger charge is -2.12. The van der Waals surface area contributed by atoms with Crippen molar-refractivity contribution < 1.29 is 19.0 Å². The van der Waals surface area contributed by atoms with Crippen LogP contribution in [0.15, 0.2) is 53.9 Å². The van der Waals surface area contributed by atoms with Gasteiger partial charge in [0.25, 0.3) is 0 Å². The van der Waals surface area contributed by atoms with E-state index in [9.17, 15) is 4.79 Å².